The van der Waals surface area contributed by atoms with E-state index in [4.69, 9.17) is 9.15 Å². The summed E-state index contributed by atoms with van der Waals surface area (Å²) < 4.78 is 34.1. The molecule has 0 unspecified atom stereocenters. The summed E-state index contributed by atoms with van der Waals surface area (Å²) in [6.45, 7) is 0. The van der Waals surface area contributed by atoms with Gasteiger partial charge in [0.1, 0.15) is 16.9 Å². The van der Waals surface area contributed by atoms with E-state index in [-0.39, 0.29) is 10.5 Å². The third-order valence-corrected chi connectivity index (χ3v) is 5.21. The first-order valence-electron chi connectivity index (χ1n) is 7.85. The van der Waals surface area contributed by atoms with Crippen molar-refractivity contribution in [3.63, 3.8) is 0 Å². The lowest BCUT2D eigenvalue weighted by atomic mass is 10.1. The molecule has 0 aliphatic carbocycles. The van der Waals surface area contributed by atoms with Gasteiger partial charge in [-0.3, -0.25) is 0 Å². The van der Waals surface area contributed by atoms with Crippen molar-refractivity contribution >= 4 is 37.7 Å². The molecule has 4 rings (SSSR count). The quantitative estimate of drug-likeness (QED) is 0.401. The number of carbonyl (C=O) groups excluding carboxylic acids is 1. The Bertz CT molecular complexity index is 1230. The van der Waals surface area contributed by atoms with Crippen LogP contribution in [0.4, 0.5) is 0 Å². The molecule has 0 saturated carbocycles. The van der Waals surface area contributed by atoms with Gasteiger partial charge in [-0.2, -0.15) is 0 Å². The van der Waals surface area contributed by atoms with Crippen LogP contribution in [0.1, 0.15) is 10.4 Å². The molecule has 5 nitrogen and oxygen atoms in total. The Morgan fingerprint density at radius 1 is 0.885 bits per heavy atom. The topological polar surface area (TPSA) is 73.6 Å². The van der Waals surface area contributed by atoms with Gasteiger partial charge in [-0.1, -0.05) is 18.2 Å². The molecule has 6 heteroatoms. The molecule has 1 heterocycles. The summed E-state index contributed by atoms with van der Waals surface area (Å²) in [4.78, 5) is 12.5. The van der Waals surface area contributed by atoms with Crippen molar-refractivity contribution in [2.45, 2.75) is 4.90 Å². The Morgan fingerprint density at radius 2 is 1.58 bits per heavy atom. The summed E-state index contributed by atoms with van der Waals surface area (Å²) in [5, 5.41) is 1.80. The summed E-state index contributed by atoms with van der Waals surface area (Å²) in [5.74, 6) is -0.168. The van der Waals surface area contributed by atoms with Gasteiger partial charge in [0.25, 0.3) is 0 Å². The van der Waals surface area contributed by atoms with Gasteiger partial charge in [0, 0.05) is 17.0 Å². The normalized spacial score (nSPS) is 11.7. The van der Waals surface area contributed by atoms with Gasteiger partial charge in [-0.05, 0) is 48.5 Å². The number of furan rings is 1. The van der Waals surface area contributed by atoms with E-state index in [0.717, 1.165) is 22.6 Å². The van der Waals surface area contributed by atoms with Crippen LogP contribution in [0.3, 0.4) is 0 Å². The minimum absolute atomic E-state index is 0.153. The maximum Gasteiger partial charge on any atom is 0.343 e. The zero-order valence-electron chi connectivity index (χ0n) is 13.8. The van der Waals surface area contributed by atoms with Crippen molar-refractivity contribution in [1.82, 2.24) is 0 Å². The van der Waals surface area contributed by atoms with Crippen LogP contribution in [0.2, 0.25) is 0 Å². The van der Waals surface area contributed by atoms with E-state index >= 15 is 0 Å². The van der Waals surface area contributed by atoms with Gasteiger partial charge < -0.3 is 9.15 Å². The largest absolute Gasteiger partial charge is 0.456 e. The molecule has 3 aromatic carbocycles. The average molecular weight is 366 g/mol. The molecule has 0 aliphatic rings. The molecular formula is C20H14O5S. The first-order chi connectivity index (χ1) is 12.4. The molecule has 130 valence electrons. The summed E-state index contributed by atoms with van der Waals surface area (Å²) in [5.41, 5.74) is 1.75. The maximum absolute atomic E-state index is 12.3. The van der Waals surface area contributed by atoms with E-state index in [0.29, 0.717) is 11.3 Å². The van der Waals surface area contributed by atoms with Crippen LogP contribution < -0.4 is 4.74 Å². The summed E-state index contributed by atoms with van der Waals surface area (Å²) in [6.07, 6.45) is 1.12. The van der Waals surface area contributed by atoms with Gasteiger partial charge in [0.2, 0.25) is 0 Å². The first-order valence-corrected chi connectivity index (χ1v) is 9.74. The summed E-state index contributed by atoms with van der Waals surface area (Å²) in [7, 11) is -3.31. The average Bonchev–Trinajstić information content (AvgIpc) is 2.99. The van der Waals surface area contributed by atoms with Crippen molar-refractivity contribution < 1.29 is 22.4 Å². The highest BCUT2D eigenvalue weighted by Gasteiger charge is 2.13. The van der Waals surface area contributed by atoms with Gasteiger partial charge in [-0.25, -0.2) is 13.2 Å². The van der Waals surface area contributed by atoms with Crippen LogP contribution in [0.15, 0.2) is 76.0 Å². The predicted molar refractivity (Wildman–Crippen MR) is 98.2 cm³/mol. The molecule has 0 radical (unpaired) electrons. The van der Waals surface area contributed by atoms with Gasteiger partial charge in [-0.15, -0.1) is 0 Å². The molecule has 0 amide bonds. The molecular weight excluding hydrogens is 352 g/mol. The molecule has 0 bridgehead atoms. The number of para-hydroxylation sites is 1. The van der Waals surface area contributed by atoms with Gasteiger partial charge in [0.15, 0.2) is 9.84 Å². The fourth-order valence-corrected chi connectivity index (χ4v) is 3.40. The maximum atomic E-state index is 12.3. The van der Waals surface area contributed by atoms with Crippen LogP contribution in [0.25, 0.3) is 21.9 Å². The lowest BCUT2D eigenvalue weighted by molar-refractivity contribution is 0.0735. The summed E-state index contributed by atoms with van der Waals surface area (Å²) >= 11 is 0. The number of hydrogen-bond donors (Lipinski definition) is 0. The van der Waals surface area contributed by atoms with Crippen LogP contribution in [0.5, 0.6) is 5.75 Å². The SMILES string of the molecule is CS(=O)(=O)c1ccc(C(=O)Oc2ccc3oc4ccccc4c3c2)cc1. The van der Waals surface area contributed by atoms with E-state index in [1.165, 1.54) is 24.3 Å². The number of hydrogen-bond acceptors (Lipinski definition) is 5. The molecule has 0 aliphatic heterocycles. The van der Waals surface area contributed by atoms with E-state index in [9.17, 15) is 13.2 Å². The first kappa shape index (κ1) is 16.4. The molecule has 1 aromatic heterocycles. The van der Waals surface area contributed by atoms with Crippen molar-refractivity contribution in [2.24, 2.45) is 0 Å². The predicted octanol–water partition coefficient (Wildman–Crippen LogP) is 4.21. The standard InChI is InChI=1S/C20H14O5S/c1-26(22,23)15-9-6-13(7-10-15)20(21)24-14-8-11-19-17(12-14)16-4-2-3-5-18(16)25-19/h2-12H,1H3. The molecule has 4 aromatic rings. The van der Waals surface area contributed by atoms with Crippen LogP contribution in [0, 0.1) is 0 Å². The number of carbonyl (C=O) groups is 1. The second-order valence-corrected chi connectivity index (χ2v) is 7.96. The number of benzene rings is 3. The lowest BCUT2D eigenvalue weighted by Crippen LogP contribution is -2.08. The second-order valence-electron chi connectivity index (χ2n) is 5.94. The highest BCUT2D eigenvalue weighted by molar-refractivity contribution is 7.90. The molecule has 0 fully saturated rings. The van der Waals surface area contributed by atoms with Crippen molar-refractivity contribution in [1.29, 1.82) is 0 Å². The Balaban J connectivity index is 1.64. The highest BCUT2D eigenvalue weighted by Crippen LogP contribution is 2.31. The third kappa shape index (κ3) is 2.95. The van der Waals surface area contributed by atoms with E-state index in [2.05, 4.69) is 0 Å². The molecule has 0 spiro atoms. The second kappa shape index (κ2) is 6.00. The molecule has 0 N–H and O–H groups in total. The number of sulfone groups is 1. The zero-order valence-corrected chi connectivity index (χ0v) is 14.6. The van der Waals surface area contributed by atoms with E-state index < -0.39 is 15.8 Å². The Morgan fingerprint density at radius 3 is 2.31 bits per heavy atom. The number of ether oxygens (including phenoxy) is 1. The Hall–Kier alpha value is -3.12. The van der Waals surface area contributed by atoms with Gasteiger partial charge in [0.05, 0.1) is 10.5 Å². The summed E-state index contributed by atoms with van der Waals surface area (Å²) in [6, 6.07) is 18.4. The smallest absolute Gasteiger partial charge is 0.343 e. The van der Waals surface area contributed by atoms with Crippen molar-refractivity contribution in [2.75, 3.05) is 6.26 Å². The van der Waals surface area contributed by atoms with E-state index in [1.54, 1.807) is 18.2 Å². The molecule has 26 heavy (non-hydrogen) atoms. The highest BCUT2D eigenvalue weighted by atomic mass is 32.2. The van der Waals surface area contributed by atoms with Crippen LogP contribution >= 0.6 is 0 Å². The minimum atomic E-state index is -3.31. The van der Waals surface area contributed by atoms with Crippen molar-refractivity contribution in [3.8, 4) is 5.75 Å². The zero-order chi connectivity index (χ0) is 18.3. The van der Waals surface area contributed by atoms with Crippen molar-refractivity contribution in [3.05, 3.63) is 72.3 Å². The fourth-order valence-electron chi connectivity index (χ4n) is 2.77. The molecule has 0 atom stereocenters. The van der Waals surface area contributed by atoms with Crippen LogP contribution in [-0.2, 0) is 9.84 Å². The minimum Gasteiger partial charge on any atom is -0.456 e. The van der Waals surface area contributed by atoms with Gasteiger partial charge >= 0.3 is 5.97 Å². The Labute approximate surface area is 149 Å². The lowest BCUT2D eigenvalue weighted by Gasteiger charge is -2.05. The third-order valence-electron chi connectivity index (χ3n) is 4.08. The number of rotatable bonds is 3. The van der Waals surface area contributed by atoms with E-state index in [1.807, 2.05) is 24.3 Å². The fraction of sp³-hybridized carbons (Fsp3) is 0.0500. The molecule has 0 saturated heterocycles. The van der Waals surface area contributed by atoms with Crippen LogP contribution in [-0.4, -0.2) is 20.6 Å². The number of fused-ring (bicyclic) bond motifs is 3. The Kier molecular flexibility index (Phi) is 3.77. The monoisotopic (exact) mass is 366 g/mol. The number of esters is 1.